The summed E-state index contributed by atoms with van der Waals surface area (Å²) in [5, 5.41) is 0. The molecule has 10 unspecified atom stereocenters. The standard InChI is InChI=1S/C28H46N2Si/c1-17-15-23-19-11-7-9-13-21(19)27(25(23)29(17)3)31(5,6)28-22-14-10-8-12-20(22)24-16-18(2)30(4)26(24)28/h15-16,19-28H,7-14H2,1-6H3. The second-order valence-electron chi connectivity index (χ2n) is 13.1. The number of allylic oxidation sites excluding steroid dienone is 2. The van der Waals surface area contributed by atoms with Crippen LogP contribution in [0.4, 0.5) is 0 Å². The van der Waals surface area contributed by atoms with Crippen LogP contribution < -0.4 is 0 Å². The van der Waals surface area contributed by atoms with E-state index in [1.54, 1.807) is 11.4 Å². The molecule has 6 aliphatic rings. The van der Waals surface area contributed by atoms with Crippen LogP contribution in [0.3, 0.4) is 0 Å². The molecule has 4 aliphatic carbocycles. The lowest BCUT2D eigenvalue weighted by atomic mass is 9.78. The highest BCUT2D eigenvalue weighted by Gasteiger charge is 2.65. The zero-order valence-electron chi connectivity index (χ0n) is 21.0. The Balaban J connectivity index is 1.42. The second kappa shape index (κ2) is 7.15. The van der Waals surface area contributed by atoms with Crippen molar-refractivity contribution in [3.8, 4) is 0 Å². The maximum atomic E-state index is 2.88. The molecule has 10 atom stereocenters. The van der Waals surface area contributed by atoms with Gasteiger partial charge in [0.2, 0.25) is 0 Å². The van der Waals surface area contributed by atoms with E-state index in [4.69, 9.17) is 0 Å². The van der Waals surface area contributed by atoms with E-state index in [-0.39, 0.29) is 0 Å². The molecule has 4 saturated carbocycles. The second-order valence-corrected chi connectivity index (χ2v) is 18.0. The van der Waals surface area contributed by atoms with Crippen LogP contribution in [-0.2, 0) is 0 Å². The van der Waals surface area contributed by atoms with Crippen molar-refractivity contribution in [1.82, 2.24) is 9.80 Å². The predicted octanol–water partition coefficient (Wildman–Crippen LogP) is 6.74. The summed E-state index contributed by atoms with van der Waals surface area (Å²) < 4.78 is 0. The Morgan fingerprint density at radius 3 is 1.39 bits per heavy atom. The van der Waals surface area contributed by atoms with Gasteiger partial charge in [-0.25, -0.2) is 0 Å². The van der Waals surface area contributed by atoms with E-state index in [2.05, 4.69) is 63.0 Å². The summed E-state index contributed by atoms with van der Waals surface area (Å²) in [5.41, 5.74) is 5.12. The molecule has 0 bridgehead atoms. The van der Waals surface area contributed by atoms with Gasteiger partial charge < -0.3 is 9.80 Å². The topological polar surface area (TPSA) is 6.48 Å². The molecule has 0 N–H and O–H groups in total. The van der Waals surface area contributed by atoms with Gasteiger partial charge in [-0.05, 0) is 61.4 Å². The van der Waals surface area contributed by atoms with Crippen molar-refractivity contribution >= 4 is 8.07 Å². The van der Waals surface area contributed by atoms with Gasteiger partial charge in [-0.2, -0.15) is 0 Å². The minimum Gasteiger partial charge on any atom is -0.375 e. The van der Waals surface area contributed by atoms with E-state index < -0.39 is 8.07 Å². The van der Waals surface area contributed by atoms with Gasteiger partial charge in [0.1, 0.15) is 0 Å². The largest absolute Gasteiger partial charge is 0.375 e. The fourth-order valence-corrected chi connectivity index (χ4v) is 16.8. The molecule has 3 heteroatoms. The summed E-state index contributed by atoms with van der Waals surface area (Å²) in [6.45, 7) is 10.5. The van der Waals surface area contributed by atoms with E-state index in [1.165, 1.54) is 51.4 Å². The molecule has 0 aromatic carbocycles. The van der Waals surface area contributed by atoms with E-state index in [9.17, 15) is 0 Å². The molecule has 31 heavy (non-hydrogen) atoms. The summed E-state index contributed by atoms with van der Waals surface area (Å²) >= 11 is 0. The average molecular weight is 439 g/mol. The fourth-order valence-electron chi connectivity index (χ4n) is 10.6. The molecule has 0 amide bonds. The summed E-state index contributed by atoms with van der Waals surface area (Å²) in [5.74, 6) is 5.70. The lowest BCUT2D eigenvalue weighted by Gasteiger charge is -2.50. The van der Waals surface area contributed by atoms with Crippen LogP contribution in [0.2, 0.25) is 24.2 Å². The summed E-state index contributed by atoms with van der Waals surface area (Å²) in [4.78, 5) is 5.52. The minimum atomic E-state index is -1.52. The van der Waals surface area contributed by atoms with E-state index in [1.807, 2.05) is 0 Å². The van der Waals surface area contributed by atoms with Gasteiger partial charge in [0.25, 0.3) is 0 Å². The quantitative estimate of drug-likeness (QED) is 0.440. The van der Waals surface area contributed by atoms with Crippen molar-refractivity contribution in [3.63, 3.8) is 0 Å². The molecule has 0 spiro atoms. The molecule has 0 saturated heterocycles. The maximum Gasteiger partial charge on any atom is 0.0587 e. The van der Waals surface area contributed by atoms with Gasteiger partial charge in [-0.1, -0.05) is 63.8 Å². The smallest absolute Gasteiger partial charge is 0.0587 e. The average Bonchev–Trinajstić information content (AvgIpc) is 3.43. The van der Waals surface area contributed by atoms with Crippen molar-refractivity contribution in [1.29, 1.82) is 0 Å². The predicted molar refractivity (Wildman–Crippen MR) is 133 cm³/mol. The molecule has 2 aliphatic heterocycles. The van der Waals surface area contributed by atoms with Gasteiger partial charge in [-0.3, -0.25) is 0 Å². The Kier molecular flexibility index (Phi) is 4.81. The monoisotopic (exact) mass is 438 g/mol. The molecule has 2 nitrogen and oxygen atoms in total. The Hall–Kier alpha value is -0.703. The van der Waals surface area contributed by atoms with Gasteiger partial charge in [0, 0.05) is 49.4 Å². The molecule has 0 aromatic heterocycles. The van der Waals surface area contributed by atoms with Crippen LogP contribution >= 0.6 is 0 Å². The van der Waals surface area contributed by atoms with Gasteiger partial charge >= 0.3 is 0 Å². The number of hydrogen-bond donors (Lipinski definition) is 0. The first kappa shape index (κ1) is 20.9. The minimum absolute atomic E-state index is 0.816. The molecule has 0 aromatic rings. The Morgan fingerprint density at radius 1 is 0.645 bits per heavy atom. The summed E-state index contributed by atoms with van der Waals surface area (Å²) in [7, 11) is 3.37. The SMILES string of the molecule is CC1=CC2C3CCCCC3C([Si](C)(C)C3C4CCCCC4C4C=C(C)N(C)C43)C2N1C. The van der Waals surface area contributed by atoms with Crippen molar-refractivity contribution in [2.75, 3.05) is 14.1 Å². The first-order chi connectivity index (χ1) is 14.8. The molecule has 0 radical (unpaired) electrons. The number of fused-ring (bicyclic) bond motifs is 6. The van der Waals surface area contributed by atoms with Crippen LogP contribution in [0.5, 0.6) is 0 Å². The zero-order valence-corrected chi connectivity index (χ0v) is 22.0. The lowest BCUT2D eigenvalue weighted by molar-refractivity contribution is 0.240. The Bertz CT molecular complexity index is 735. The highest BCUT2D eigenvalue weighted by molar-refractivity contribution is 6.80. The highest BCUT2D eigenvalue weighted by atomic mass is 28.3. The zero-order chi connectivity index (χ0) is 21.7. The van der Waals surface area contributed by atoms with Crippen molar-refractivity contribution in [2.45, 2.75) is 101 Å². The normalized spacial score (nSPS) is 48.8. The van der Waals surface area contributed by atoms with E-state index in [0.29, 0.717) is 0 Å². The van der Waals surface area contributed by atoms with Crippen LogP contribution in [-0.4, -0.2) is 44.1 Å². The number of rotatable bonds is 2. The van der Waals surface area contributed by atoms with Gasteiger partial charge in [-0.15, -0.1) is 0 Å². The maximum absolute atomic E-state index is 2.88. The van der Waals surface area contributed by atoms with Crippen molar-refractivity contribution < 1.29 is 0 Å². The number of nitrogens with zero attached hydrogens (tertiary/aromatic N) is 2. The molecular weight excluding hydrogens is 392 g/mol. The third-order valence-corrected chi connectivity index (χ3v) is 16.8. The van der Waals surface area contributed by atoms with Crippen molar-refractivity contribution in [2.24, 2.45) is 35.5 Å². The number of hydrogen-bond acceptors (Lipinski definition) is 2. The van der Waals surface area contributed by atoms with Gasteiger partial charge in [0.15, 0.2) is 0 Å². The lowest BCUT2D eigenvalue weighted by Crippen LogP contribution is -2.53. The van der Waals surface area contributed by atoms with E-state index in [0.717, 1.165) is 58.7 Å². The highest BCUT2D eigenvalue weighted by Crippen LogP contribution is 2.67. The van der Waals surface area contributed by atoms with Gasteiger partial charge in [0.05, 0.1) is 8.07 Å². The molecular formula is C28H46N2Si. The first-order valence-corrected chi connectivity index (χ1v) is 16.8. The van der Waals surface area contributed by atoms with Crippen LogP contribution in [0.1, 0.15) is 65.2 Å². The third kappa shape index (κ3) is 2.74. The Morgan fingerprint density at radius 2 is 1.00 bits per heavy atom. The van der Waals surface area contributed by atoms with Crippen LogP contribution in [0, 0.1) is 35.5 Å². The van der Waals surface area contributed by atoms with E-state index >= 15 is 0 Å². The molecule has 4 fully saturated rings. The van der Waals surface area contributed by atoms with Crippen LogP contribution in [0.25, 0.3) is 0 Å². The third-order valence-electron chi connectivity index (χ3n) is 11.8. The molecule has 2 heterocycles. The molecule has 6 rings (SSSR count). The summed E-state index contributed by atoms with van der Waals surface area (Å²) in [6, 6.07) is 1.63. The van der Waals surface area contributed by atoms with Crippen LogP contribution in [0.15, 0.2) is 23.5 Å². The summed E-state index contributed by atoms with van der Waals surface area (Å²) in [6.07, 6.45) is 17.5. The molecule has 172 valence electrons. The Labute approximate surface area is 192 Å². The van der Waals surface area contributed by atoms with Crippen molar-refractivity contribution in [3.05, 3.63) is 23.5 Å². The fraction of sp³-hybridized carbons (Fsp3) is 0.857. The first-order valence-electron chi connectivity index (χ1n) is 13.6.